The van der Waals surface area contributed by atoms with E-state index >= 15 is 0 Å². The fraction of sp³-hybridized carbons (Fsp3) is 0.650. The molecule has 0 spiro atoms. The number of amides is 1. The summed E-state index contributed by atoms with van der Waals surface area (Å²) in [4.78, 5) is 17.2. The van der Waals surface area contributed by atoms with Crippen molar-refractivity contribution in [1.29, 1.82) is 0 Å². The lowest BCUT2D eigenvalue weighted by molar-refractivity contribution is -0.128. The molecule has 138 valence electrons. The van der Waals surface area contributed by atoms with Crippen LogP contribution in [0.3, 0.4) is 0 Å². The summed E-state index contributed by atoms with van der Waals surface area (Å²) in [6, 6.07) is 8.42. The van der Waals surface area contributed by atoms with Gasteiger partial charge in [-0.25, -0.2) is 0 Å². The molecule has 1 aromatic carbocycles. The highest BCUT2D eigenvalue weighted by atomic mass is 35.5. The lowest BCUT2D eigenvalue weighted by atomic mass is 9.79. The van der Waals surface area contributed by atoms with Crippen LogP contribution >= 0.6 is 11.6 Å². The number of nitrogens with zero attached hydrogens (tertiary/aromatic N) is 2. The number of benzene rings is 1. The molecule has 5 heteroatoms. The zero-order valence-corrected chi connectivity index (χ0v) is 16.2. The van der Waals surface area contributed by atoms with E-state index in [-0.39, 0.29) is 11.3 Å². The zero-order chi connectivity index (χ0) is 17.9. The van der Waals surface area contributed by atoms with Gasteiger partial charge in [0.25, 0.3) is 0 Å². The van der Waals surface area contributed by atoms with Crippen LogP contribution in [0.5, 0.6) is 0 Å². The Morgan fingerprint density at radius 3 is 2.44 bits per heavy atom. The second-order valence-corrected chi connectivity index (χ2v) is 7.84. The van der Waals surface area contributed by atoms with Gasteiger partial charge in [0.1, 0.15) is 0 Å². The van der Waals surface area contributed by atoms with Crippen molar-refractivity contribution in [3.8, 4) is 0 Å². The van der Waals surface area contributed by atoms with E-state index in [1.807, 2.05) is 18.2 Å². The van der Waals surface area contributed by atoms with E-state index < -0.39 is 0 Å². The Hall–Kier alpha value is -1.26. The maximum Gasteiger partial charge on any atom is 0.226 e. The standard InChI is InChI=1S/C20H30ClN3O/c1-3-20(4-2)15-16(22-19(20)25)9-10-23-11-13-24(14-12-23)18-8-6-5-7-17(18)21/h5-8,16H,3-4,9-15H2,1-2H3,(H,22,25). The van der Waals surface area contributed by atoms with Crippen LogP contribution in [0.4, 0.5) is 5.69 Å². The van der Waals surface area contributed by atoms with Gasteiger partial charge in [-0.15, -0.1) is 0 Å². The molecule has 3 rings (SSSR count). The van der Waals surface area contributed by atoms with Crippen LogP contribution in [0.15, 0.2) is 24.3 Å². The maximum absolute atomic E-state index is 12.3. The molecule has 25 heavy (non-hydrogen) atoms. The highest BCUT2D eigenvalue weighted by molar-refractivity contribution is 6.33. The number of hydrogen-bond acceptors (Lipinski definition) is 3. The minimum atomic E-state index is -0.118. The lowest BCUT2D eigenvalue weighted by Gasteiger charge is -2.36. The quantitative estimate of drug-likeness (QED) is 0.839. The summed E-state index contributed by atoms with van der Waals surface area (Å²) in [5.41, 5.74) is 1.02. The van der Waals surface area contributed by atoms with E-state index in [1.54, 1.807) is 0 Å². The van der Waals surface area contributed by atoms with Crippen molar-refractivity contribution in [2.24, 2.45) is 5.41 Å². The van der Waals surface area contributed by atoms with Gasteiger partial charge in [0.15, 0.2) is 0 Å². The Balaban J connectivity index is 1.46. The molecule has 2 heterocycles. The molecule has 1 N–H and O–H groups in total. The fourth-order valence-electron chi connectivity index (χ4n) is 4.25. The van der Waals surface area contributed by atoms with Crippen LogP contribution in [-0.4, -0.2) is 49.6 Å². The molecule has 2 aliphatic rings. The van der Waals surface area contributed by atoms with E-state index in [9.17, 15) is 4.79 Å². The molecule has 4 nitrogen and oxygen atoms in total. The van der Waals surface area contributed by atoms with E-state index in [4.69, 9.17) is 11.6 Å². The molecular formula is C20H30ClN3O. The summed E-state index contributed by atoms with van der Waals surface area (Å²) in [5.74, 6) is 0.269. The smallest absolute Gasteiger partial charge is 0.226 e. The van der Waals surface area contributed by atoms with E-state index in [0.29, 0.717) is 6.04 Å². The third-order valence-corrected chi connectivity index (χ3v) is 6.49. The first kappa shape index (κ1) is 18.5. The Kier molecular flexibility index (Phi) is 5.90. The largest absolute Gasteiger partial charge is 0.368 e. The first-order valence-electron chi connectivity index (χ1n) is 9.61. The van der Waals surface area contributed by atoms with Crippen molar-refractivity contribution >= 4 is 23.2 Å². The summed E-state index contributed by atoms with van der Waals surface area (Å²) in [6.45, 7) is 9.46. The summed E-state index contributed by atoms with van der Waals surface area (Å²) in [6.07, 6.45) is 3.95. The van der Waals surface area contributed by atoms with Crippen LogP contribution in [0.25, 0.3) is 0 Å². The molecule has 0 radical (unpaired) electrons. The highest BCUT2D eigenvalue weighted by Crippen LogP contribution is 2.37. The average molecular weight is 364 g/mol. The molecule has 1 unspecified atom stereocenters. The highest BCUT2D eigenvalue weighted by Gasteiger charge is 2.43. The van der Waals surface area contributed by atoms with Gasteiger partial charge in [-0.3, -0.25) is 9.69 Å². The number of piperazine rings is 1. The number of rotatable bonds is 6. The number of para-hydroxylation sites is 1. The predicted octanol–water partition coefficient (Wildman–Crippen LogP) is 3.55. The summed E-state index contributed by atoms with van der Waals surface area (Å²) in [7, 11) is 0. The van der Waals surface area contributed by atoms with Gasteiger partial charge in [-0.2, -0.15) is 0 Å². The van der Waals surface area contributed by atoms with Gasteiger partial charge in [0.2, 0.25) is 5.91 Å². The number of hydrogen-bond donors (Lipinski definition) is 1. The molecule has 0 saturated carbocycles. The molecule has 1 amide bonds. The van der Waals surface area contributed by atoms with E-state index in [2.05, 4.69) is 35.0 Å². The summed E-state index contributed by atoms with van der Waals surface area (Å²) < 4.78 is 0. The molecular weight excluding hydrogens is 334 g/mol. The number of carbonyl (C=O) groups is 1. The van der Waals surface area contributed by atoms with Crippen molar-refractivity contribution < 1.29 is 4.79 Å². The molecule has 0 aliphatic carbocycles. The molecule has 1 aromatic rings. The Bertz CT molecular complexity index is 594. The normalized spacial score (nSPS) is 23.7. The van der Waals surface area contributed by atoms with Gasteiger partial charge in [0, 0.05) is 38.8 Å². The average Bonchev–Trinajstić information content (AvgIpc) is 2.97. The number of anilines is 1. The van der Waals surface area contributed by atoms with Crippen LogP contribution in [0, 0.1) is 5.41 Å². The van der Waals surface area contributed by atoms with Gasteiger partial charge in [-0.1, -0.05) is 37.6 Å². The van der Waals surface area contributed by atoms with Crippen molar-refractivity contribution in [3.05, 3.63) is 29.3 Å². The van der Waals surface area contributed by atoms with E-state index in [0.717, 1.165) is 69.1 Å². The predicted molar refractivity (Wildman–Crippen MR) is 104 cm³/mol. The van der Waals surface area contributed by atoms with Gasteiger partial charge >= 0.3 is 0 Å². The van der Waals surface area contributed by atoms with Crippen molar-refractivity contribution in [2.75, 3.05) is 37.6 Å². The van der Waals surface area contributed by atoms with Gasteiger partial charge in [-0.05, 0) is 37.8 Å². The van der Waals surface area contributed by atoms with E-state index in [1.165, 1.54) is 0 Å². The minimum Gasteiger partial charge on any atom is -0.368 e. The van der Waals surface area contributed by atoms with Crippen molar-refractivity contribution in [3.63, 3.8) is 0 Å². The monoisotopic (exact) mass is 363 g/mol. The van der Waals surface area contributed by atoms with Gasteiger partial charge in [0.05, 0.1) is 16.1 Å². The number of halogens is 1. The fourth-order valence-corrected chi connectivity index (χ4v) is 4.50. The third-order valence-electron chi connectivity index (χ3n) is 6.17. The molecule has 0 aromatic heterocycles. The Morgan fingerprint density at radius 2 is 1.84 bits per heavy atom. The summed E-state index contributed by atoms with van der Waals surface area (Å²) in [5, 5.41) is 4.07. The first-order valence-corrected chi connectivity index (χ1v) is 9.98. The van der Waals surface area contributed by atoms with Crippen molar-refractivity contribution in [1.82, 2.24) is 10.2 Å². The lowest BCUT2D eigenvalue weighted by Crippen LogP contribution is -2.47. The Labute approximate surface area is 156 Å². The second kappa shape index (κ2) is 7.96. The van der Waals surface area contributed by atoms with Crippen LogP contribution in [0.1, 0.15) is 39.5 Å². The van der Waals surface area contributed by atoms with Crippen LogP contribution in [0.2, 0.25) is 5.02 Å². The van der Waals surface area contributed by atoms with Crippen LogP contribution in [-0.2, 0) is 4.79 Å². The zero-order valence-electron chi connectivity index (χ0n) is 15.4. The van der Waals surface area contributed by atoms with Crippen LogP contribution < -0.4 is 10.2 Å². The molecule has 0 bridgehead atoms. The number of carbonyl (C=O) groups excluding carboxylic acids is 1. The SMILES string of the molecule is CCC1(CC)CC(CCN2CCN(c3ccccc3Cl)CC2)NC1=O. The summed E-state index contributed by atoms with van der Waals surface area (Å²) >= 11 is 6.31. The number of nitrogens with one attached hydrogen (secondary N) is 1. The second-order valence-electron chi connectivity index (χ2n) is 7.43. The topological polar surface area (TPSA) is 35.6 Å². The first-order chi connectivity index (χ1) is 12.1. The third kappa shape index (κ3) is 3.95. The Morgan fingerprint density at radius 1 is 1.16 bits per heavy atom. The molecule has 1 atom stereocenters. The maximum atomic E-state index is 12.3. The van der Waals surface area contributed by atoms with Crippen molar-refractivity contribution in [2.45, 2.75) is 45.6 Å². The van der Waals surface area contributed by atoms with Gasteiger partial charge < -0.3 is 10.2 Å². The molecule has 2 saturated heterocycles. The molecule has 2 fully saturated rings. The molecule has 2 aliphatic heterocycles. The minimum absolute atomic E-state index is 0.118.